The van der Waals surface area contributed by atoms with E-state index < -0.39 is 42.9 Å². The Hall–Kier alpha value is -1.76. The second-order valence-corrected chi connectivity index (χ2v) is 7.94. The lowest BCUT2D eigenvalue weighted by Crippen LogP contribution is -2.55. The summed E-state index contributed by atoms with van der Waals surface area (Å²) in [6, 6.07) is 0. The molecule has 0 aliphatic carbocycles. The van der Waals surface area contributed by atoms with Gasteiger partial charge in [-0.15, -0.1) is 6.58 Å². The third-order valence-corrected chi connectivity index (χ3v) is 4.86. The summed E-state index contributed by atoms with van der Waals surface area (Å²) in [4.78, 5) is 0. The van der Waals surface area contributed by atoms with Crippen LogP contribution in [0.4, 0.5) is 17.6 Å². The van der Waals surface area contributed by atoms with Crippen molar-refractivity contribution < 1.29 is 50.7 Å². The van der Waals surface area contributed by atoms with Gasteiger partial charge in [-0.05, 0) is 6.08 Å². The third kappa shape index (κ3) is 9.12. The molecule has 2 rings (SSSR count). The minimum absolute atomic E-state index is 0.0863. The van der Waals surface area contributed by atoms with Crippen LogP contribution in [0, 0.1) is 5.92 Å². The molecule has 0 bridgehead atoms. The molecule has 34 heavy (non-hydrogen) atoms. The van der Waals surface area contributed by atoms with E-state index in [0.717, 1.165) is 0 Å². The summed E-state index contributed by atoms with van der Waals surface area (Å²) in [5.74, 6) is -4.56. The lowest BCUT2D eigenvalue weighted by atomic mass is 9.96. The van der Waals surface area contributed by atoms with Gasteiger partial charge >= 0.3 is 6.11 Å². The number of alkyl halides is 4. The van der Waals surface area contributed by atoms with E-state index in [4.69, 9.17) is 28.4 Å². The van der Waals surface area contributed by atoms with Crippen molar-refractivity contribution in [3.63, 3.8) is 0 Å². The van der Waals surface area contributed by atoms with Crippen LogP contribution in [-0.4, -0.2) is 89.8 Å². The lowest BCUT2D eigenvalue weighted by Gasteiger charge is -2.39. The van der Waals surface area contributed by atoms with Crippen molar-refractivity contribution >= 4 is 0 Å². The molecule has 0 amide bonds. The Labute approximate surface area is 196 Å². The second-order valence-electron chi connectivity index (χ2n) is 7.94. The summed E-state index contributed by atoms with van der Waals surface area (Å²) in [6.45, 7) is 8.17. The average molecular weight is 496 g/mol. The van der Waals surface area contributed by atoms with Gasteiger partial charge in [0, 0.05) is 5.92 Å². The minimum Gasteiger partial charge on any atom is -0.492 e. The fourth-order valence-corrected chi connectivity index (χ4v) is 3.34. The third-order valence-electron chi connectivity index (χ3n) is 4.86. The van der Waals surface area contributed by atoms with Gasteiger partial charge in [0.05, 0.1) is 39.6 Å². The minimum atomic E-state index is -4.00. The van der Waals surface area contributed by atoms with Gasteiger partial charge in [0.2, 0.25) is 0 Å². The zero-order valence-electron chi connectivity index (χ0n) is 19.0. The first-order chi connectivity index (χ1) is 16.1. The molecule has 194 valence electrons. The summed E-state index contributed by atoms with van der Waals surface area (Å²) in [7, 11) is 0. The van der Waals surface area contributed by atoms with E-state index in [9.17, 15) is 17.6 Å². The maximum atomic E-state index is 14.5. The Bertz CT molecular complexity index is 701. The topological polar surface area (TPSA) is 64.6 Å². The molecule has 0 N–H and O–H groups in total. The van der Waals surface area contributed by atoms with Crippen LogP contribution in [0.2, 0.25) is 0 Å². The van der Waals surface area contributed by atoms with Gasteiger partial charge in [-0.25, -0.2) is 8.78 Å². The van der Waals surface area contributed by atoms with Gasteiger partial charge in [0.25, 0.3) is 5.92 Å². The maximum absolute atomic E-state index is 14.5. The van der Waals surface area contributed by atoms with E-state index in [-0.39, 0.29) is 52.0 Å². The van der Waals surface area contributed by atoms with Crippen molar-refractivity contribution in [3.05, 3.63) is 49.8 Å². The summed E-state index contributed by atoms with van der Waals surface area (Å²) >= 11 is 0. The predicted octanol–water partition coefficient (Wildman–Crippen LogP) is 3.52. The lowest BCUT2D eigenvalue weighted by molar-refractivity contribution is -0.346. The monoisotopic (exact) mass is 496 g/mol. The van der Waals surface area contributed by atoms with Crippen LogP contribution < -0.4 is 0 Å². The smallest absolute Gasteiger partial charge is 0.379 e. The molecule has 0 aromatic carbocycles. The SMILES string of the molecule is C=CCOC(=C)COCC1COCC(F)(F)C1OC(F)(F)COCC1(OCC=C)C=CCOC1. The fraction of sp³-hybridized carbons (Fsp3) is 0.652. The van der Waals surface area contributed by atoms with Crippen molar-refractivity contribution in [1.29, 1.82) is 0 Å². The maximum Gasteiger partial charge on any atom is 0.379 e. The normalized spacial score (nSPS) is 26.7. The molecule has 3 atom stereocenters. The molecule has 1 fully saturated rings. The van der Waals surface area contributed by atoms with Crippen LogP contribution in [0.1, 0.15) is 0 Å². The van der Waals surface area contributed by atoms with Crippen LogP contribution >= 0.6 is 0 Å². The predicted molar refractivity (Wildman–Crippen MR) is 115 cm³/mol. The molecule has 0 aromatic rings. The zero-order valence-corrected chi connectivity index (χ0v) is 19.0. The number of hydrogen-bond donors (Lipinski definition) is 0. The van der Waals surface area contributed by atoms with E-state index in [1.807, 2.05) is 0 Å². The van der Waals surface area contributed by atoms with Crippen molar-refractivity contribution in [1.82, 2.24) is 0 Å². The molecule has 2 aliphatic heterocycles. The summed E-state index contributed by atoms with van der Waals surface area (Å²) in [5, 5.41) is 0. The van der Waals surface area contributed by atoms with Crippen molar-refractivity contribution in [3.8, 4) is 0 Å². The van der Waals surface area contributed by atoms with Gasteiger partial charge in [-0.3, -0.25) is 0 Å². The first-order valence-electron chi connectivity index (χ1n) is 10.7. The summed E-state index contributed by atoms with van der Waals surface area (Å²) in [6.07, 6.45) is 0.184. The molecular formula is C23H32F4O7. The molecule has 0 saturated carbocycles. The molecule has 0 radical (unpaired) electrons. The molecular weight excluding hydrogens is 464 g/mol. The van der Waals surface area contributed by atoms with Crippen LogP contribution in [0.5, 0.6) is 0 Å². The molecule has 3 unspecified atom stereocenters. The molecule has 0 spiro atoms. The Kier molecular flexibility index (Phi) is 11.2. The molecule has 11 heteroatoms. The Morgan fingerprint density at radius 2 is 1.88 bits per heavy atom. The summed E-state index contributed by atoms with van der Waals surface area (Å²) in [5.41, 5.74) is -1.09. The van der Waals surface area contributed by atoms with E-state index in [1.165, 1.54) is 12.2 Å². The quantitative estimate of drug-likeness (QED) is 0.184. The second kappa shape index (κ2) is 13.4. The largest absolute Gasteiger partial charge is 0.492 e. The fourth-order valence-electron chi connectivity index (χ4n) is 3.34. The number of rotatable bonds is 16. The van der Waals surface area contributed by atoms with Gasteiger partial charge in [0.1, 0.15) is 43.9 Å². The number of hydrogen-bond acceptors (Lipinski definition) is 7. The first-order valence-corrected chi connectivity index (χ1v) is 10.7. The van der Waals surface area contributed by atoms with Crippen LogP contribution in [0.3, 0.4) is 0 Å². The van der Waals surface area contributed by atoms with Gasteiger partial charge < -0.3 is 33.2 Å². The molecule has 2 aliphatic rings. The van der Waals surface area contributed by atoms with Gasteiger partial charge in [-0.1, -0.05) is 31.4 Å². The van der Waals surface area contributed by atoms with E-state index >= 15 is 0 Å². The van der Waals surface area contributed by atoms with E-state index in [2.05, 4.69) is 24.5 Å². The Balaban J connectivity index is 1.92. The highest BCUT2D eigenvalue weighted by Crippen LogP contribution is 2.36. The molecule has 1 saturated heterocycles. The molecule has 2 heterocycles. The van der Waals surface area contributed by atoms with Gasteiger partial charge in [-0.2, -0.15) is 8.78 Å². The molecule has 0 aromatic heterocycles. The Morgan fingerprint density at radius 3 is 2.56 bits per heavy atom. The highest BCUT2D eigenvalue weighted by Gasteiger charge is 2.53. The van der Waals surface area contributed by atoms with E-state index in [0.29, 0.717) is 6.61 Å². The highest BCUT2D eigenvalue weighted by molar-refractivity contribution is 5.06. The average Bonchev–Trinajstić information content (AvgIpc) is 2.79. The standard InChI is InChI=1S/C23H32F4O7/c1-4-8-32-18(3)11-29-12-19-13-30-16-22(24,25)20(19)34-23(26,27)17-31-15-21(33-9-5-2)7-6-10-28-14-21/h4-7,19-20H,1-3,8-17H2. The van der Waals surface area contributed by atoms with Gasteiger partial charge in [0.15, 0.2) is 0 Å². The van der Waals surface area contributed by atoms with Crippen LogP contribution in [-0.2, 0) is 33.2 Å². The summed E-state index contributed by atoms with van der Waals surface area (Å²) < 4.78 is 93.9. The van der Waals surface area contributed by atoms with Crippen LogP contribution in [0.25, 0.3) is 0 Å². The molecule has 7 nitrogen and oxygen atoms in total. The van der Waals surface area contributed by atoms with Crippen molar-refractivity contribution in [2.24, 2.45) is 5.92 Å². The first kappa shape index (κ1) is 28.5. The van der Waals surface area contributed by atoms with Crippen molar-refractivity contribution in [2.75, 3.05) is 66.1 Å². The number of halogens is 4. The highest BCUT2D eigenvalue weighted by atomic mass is 19.3. The number of ether oxygens (including phenoxy) is 7. The van der Waals surface area contributed by atoms with Crippen molar-refractivity contribution in [2.45, 2.75) is 23.7 Å². The van der Waals surface area contributed by atoms with Crippen LogP contribution in [0.15, 0.2) is 49.8 Å². The van der Waals surface area contributed by atoms with E-state index in [1.54, 1.807) is 12.2 Å². The zero-order chi connectivity index (χ0) is 25.1. The Morgan fingerprint density at radius 1 is 1.12 bits per heavy atom.